The number of aryl methyl sites for hydroxylation is 1. The van der Waals surface area contributed by atoms with Crippen molar-refractivity contribution in [2.45, 2.75) is 24.0 Å². The smallest absolute Gasteiger partial charge is 0.252 e. The molecule has 1 atom stereocenters. The Morgan fingerprint density at radius 1 is 1.28 bits per heavy atom. The molecule has 0 aromatic carbocycles. The largest absolute Gasteiger partial charge is 0.324 e. The molecule has 29 heavy (non-hydrogen) atoms. The minimum Gasteiger partial charge on any atom is -0.324 e. The highest BCUT2D eigenvalue weighted by Gasteiger charge is 2.34. The summed E-state index contributed by atoms with van der Waals surface area (Å²) in [5.41, 5.74) is 0.569. The van der Waals surface area contributed by atoms with E-state index in [-0.39, 0.29) is 12.5 Å². The van der Waals surface area contributed by atoms with Gasteiger partial charge in [0, 0.05) is 30.4 Å². The number of carbonyl (C=O) groups is 1. The van der Waals surface area contributed by atoms with Gasteiger partial charge in [0.05, 0.1) is 17.8 Å². The fraction of sp³-hybridized carbons (Fsp3) is 0.316. The van der Waals surface area contributed by atoms with Gasteiger partial charge in [-0.1, -0.05) is 0 Å². The van der Waals surface area contributed by atoms with Crippen molar-refractivity contribution in [3.8, 4) is 5.82 Å². The normalized spacial score (nSPS) is 17.9. The van der Waals surface area contributed by atoms with Gasteiger partial charge in [-0.05, 0) is 50.1 Å². The number of rotatable bonds is 5. The van der Waals surface area contributed by atoms with E-state index in [0.29, 0.717) is 35.1 Å². The predicted octanol–water partition coefficient (Wildman–Crippen LogP) is 2.68. The topological polar surface area (TPSA) is 97.2 Å². The molecule has 0 aliphatic carbocycles. The molecule has 3 aromatic heterocycles. The van der Waals surface area contributed by atoms with Crippen molar-refractivity contribution >= 4 is 33.0 Å². The van der Waals surface area contributed by atoms with Gasteiger partial charge in [0.2, 0.25) is 5.91 Å². The average Bonchev–Trinajstić information content (AvgIpc) is 3.41. The van der Waals surface area contributed by atoms with E-state index in [4.69, 9.17) is 0 Å². The number of carbonyl (C=O) groups excluding carboxylic acids is 1. The van der Waals surface area contributed by atoms with Gasteiger partial charge in [0.15, 0.2) is 5.82 Å². The van der Waals surface area contributed by atoms with Crippen molar-refractivity contribution in [2.75, 3.05) is 18.4 Å². The van der Waals surface area contributed by atoms with Gasteiger partial charge in [0.25, 0.3) is 10.0 Å². The van der Waals surface area contributed by atoms with Crippen LogP contribution in [0, 0.1) is 12.8 Å². The highest BCUT2D eigenvalue weighted by atomic mass is 32.2. The fourth-order valence-electron chi connectivity index (χ4n) is 3.30. The van der Waals surface area contributed by atoms with Crippen molar-refractivity contribution in [1.82, 2.24) is 19.1 Å². The number of pyridine rings is 1. The molecule has 10 heteroatoms. The number of aromatic nitrogens is 3. The van der Waals surface area contributed by atoms with E-state index >= 15 is 0 Å². The van der Waals surface area contributed by atoms with Crippen LogP contribution in [0.3, 0.4) is 0 Å². The summed E-state index contributed by atoms with van der Waals surface area (Å²) in [6.07, 6.45) is 6.32. The second kappa shape index (κ2) is 8.05. The van der Waals surface area contributed by atoms with E-state index < -0.39 is 15.9 Å². The molecule has 1 aliphatic rings. The van der Waals surface area contributed by atoms with Crippen LogP contribution in [0.5, 0.6) is 0 Å². The molecular formula is C19H21N5O3S2. The maximum Gasteiger partial charge on any atom is 0.252 e. The molecule has 1 aliphatic heterocycles. The van der Waals surface area contributed by atoms with Crippen molar-refractivity contribution in [3.05, 3.63) is 53.8 Å². The molecule has 4 rings (SSSR count). The number of nitrogens with one attached hydrogen (secondary N) is 1. The number of amides is 1. The molecule has 0 bridgehead atoms. The highest BCUT2D eigenvalue weighted by molar-refractivity contribution is 7.91. The molecule has 8 nitrogen and oxygen atoms in total. The maximum absolute atomic E-state index is 12.9. The Hall–Kier alpha value is -2.56. The third-order valence-corrected chi connectivity index (χ3v) is 8.15. The minimum atomic E-state index is -3.56. The summed E-state index contributed by atoms with van der Waals surface area (Å²) in [6.45, 7) is 2.49. The number of hydrogen-bond donors (Lipinski definition) is 1. The number of hydrogen-bond acceptors (Lipinski definition) is 6. The first kappa shape index (κ1) is 19.7. The van der Waals surface area contributed by atoms with Gasteiger partial charge in [-0.25, -0.2) is 18.1 Å². The molecule has 1 amide bonds. The van der Waals surface area contributed by atoms with E-state index in [1.54, 1.807) is 53.6 Å². The second-order valence-electron chi connectivity index (χ2n) is 6.91. The van der Waals surface area contributed by atoms with E-state index in [2.05, 4.69) is 15.4 Å². The summed E-state index contributed by atoms with van der Waals surface area (Å²) < 4.78 is 29.1. The predicted molar refractivity (Wildman–Crippen MR) is 111 cm³/mol. The first-order chi connectivity index (χ1) is 13.9. The maximum atomic E-state index is 12.9. The average molecular weight is 432 g/mol. The van der Waals surface area contributed by atoms with Gasteiger partial charge >= 0.3 is 0 Å². The van der Waals surface area contributed by atoms with Gasteiger partial charge in [-0.15, -0.1) is 11.3 Å². The van der Waals surface area contributed by atoms with E-state index in [0.717, 1.165) is 4.88 Å². The van der Waals surface area contributed by atoms with Crippen LogP contribution in [0.1, 0.15) is 17.7 Å². The molecular weight excluding hydrogens is 410 g/mol. The lowest BCUT2D eigenvalue weighted by molar-refractivity contribution is -0.120. The monoisotopic (exact) mass is 431 g/mol. The Bertz CT molecular complexity index is 1090. The molecule has 1 fully saturated rings. The number of anilines is 1. The summed E-state index contributed by atoms with van der Waals surface area (Å²) in [4.78, 5) is 18.0. The molecule has 1 saturated heterocycles. The summed E-state index contributed by atoms with van der Waals surface area (Å²) in [5, 5.41) is 6.96. The quantitative estimate of drug-likeness (QED) is 0.670. The Balaban J connectivity index is 1.42. The Morgan fingerprint density at radius 3 is 2.79 bits per heavy atom. The summed E-state index contributed by atoms with van der Waals surface area (Å²) in [7, 11) is -3.56. The minimum absolute atomic E-state index is 0.184. The number of piperidine rings is 1. The number of sulfonamides is 1. The first-order valence-electron chi connectivity index (χ1n) is 9.27. The van der Waals surface area contributed by atoms with Crippen molar-refractivity contribution in [3.63, 3.8) is 0 Å². The molecule has 152 valence electrons. The zero-order valence-corrected chi connectivity index (χ0v) is 17.5. The zero-order chi connectivity index (χ0) is 20.4. The van der Waals surface area contributed by atoms with E-state index in [1.807, 2.05) is 6.92 Å². The lowest BCUT2D eigenvalue weighted by atomic mass is 9.99. The van der Waals surface area contributed by atoms with Gasteiger partial charge in [0.1, 0.15) is 4.21 Å². The third-order valence-electron chi connectivity index (χ3n) is 4.82. The third kappa shape index (κ3) is 4.24. The van der Waals surface area contributed by atoms with Gasteiger partial charge in [-0.2, -0.15) is 9.40 Å². The Kier molecular flexibility index (Phi) is 5.48. The zero-order valence-electron chi connectivity index (χ0n) is 15.9. The van der Waals surface area contributed by atoms with Crippen LogP contribution >= 0.6 is 11.3 Å². The first-order valence-corrected chi connectivity index (χ1v) is 11.5. The molecule has 3 aromatic rings. The van der Waals surface area contributed by atoms with Gasteiger partial charge in [-0.3, -0.25) is 4.79 Å². The molecule has 0 saturated carbocycles. The van der Waals surface area contributed by atoms with E-state index in [9.17, 15) is 13.2 Å². The SMILES string of the molecule is Cc1ccc(S(=O)(=O)N2CCC[C@H](C(=O)Nc3ccc(-n4cccn4)nc3)C2)s1. The molecule has 1 N–H and O–H groups in total. The summed E-state index contributed by atoms with van der Waals surface area (Å²) in [5.74, 6) is 0.0560. The standard InChI is InChI=1S/C19H21N5O3S2/c1-14-5-8-18(28-14)29(26,27)23-10-2-4-15(13-23)19(25)22-16-6-7-17(20-12-16)24-11-3-9-21-24/h3,5-9,11-12,15H,2,4,10,13H2,1H3,(H,22,25)/t15-/m0/s1. The fourth-order valence-corrected chi connectivity index (χ4v) is 6.26. The van der Waals surface area contributed by atoms with Crippen molar-refractivity contribution in [1.29, 1.82) is 0 Å². The van der Waals surface area contributed by atoms with Crippen LogP contribution in [0.2, 0.25) is 0 Å². The molecule has 0 spiro atoms. The Labute approximate surface area is 173 Å². The lowest BCUT2D eigenvalue weighted by Gasteiger charge is -2.30. The Morgan fingerprint density at radius 2 is 2.14 bits per heavy atom. The second-order valence-corrected chi connectivity index (χ2v) is 10.4. The van der Waals surface area contributed by atoms with Crippen LogP contribution in [0.25, 0.3) is 5.82 Å². The van der Waals surface area contributed by atoms with Crippen LogP contribution in [0.15, 0.2) is 53.1 Å². The molecule has 4 heterocycles. The van der Waals surface area contributed by atoms with Crippen LogP contribution in [-0.2, 0) is 14.8 Å². The number of nitrogens with zero attached hydrogens (tertiary/aromatic N) is 4. The lowest BCUT2D eigenvalue weighted by Crippen LogP contribution is -2.43. The van der Waals surface area contributed by atoms with Crippen molar-refractivity contribution < 1.29 is 13.2 Å². The summed E-state index contributed by atoms with van der Waals surface area (Å²) >= 11 is 1.26. The van der Waals surface area contributed by atoms with Crippen LogP contribution in [0.4, 0.5) is 5.69 Å². The van der Waals surface area contributed by atoms with Crippen LogP contribution < -0.4 is 5.32 Å². The van der Waals surface area contributed by atoms with Crippen LogP contribution in [-0.4, -0.2) is 46.5 Å². The van der Waals surface area contributed by atoms with Crippen molar-refractivity contribution in [2.24, 2.45) is 5.92 Å². The molecule has 0 radical (unpaired) electrons. The summed E-state index contributed by atoms with van der Waals surface area (Å²) in [6, 6.07) is 8.75. The van der Waals surface area contributed by atoms with E-state index in [1.165, 1.54) is 15.6 Å². The number of thiophene rings is 1. The molecule has 0 unspecified atom stereocenters. The van der Waals surface area contributed by atoms with Gasteiger partial charge < -0.3 is 5.32 Å². The highest BCUT2D eigenvalue weighted by Crippen LogP contribution is 2.28.